The lowest BCUT2D eigenvalue weighted by atomic mass is 9.95. The summed E-state index contributed by atoms with van der Waals surface area (Å²) in [6.07, 6.45) is 2.09. The zero-order valence-corrected chi connectivity index (χ0v) is 16.7. The quantitative estimate of drug-likeness (QED) is 0.448. The van der Waals surface area contributed by atoms with Crippen LogP contribution in [0.15, 0.2) is 84.9 Å². The predicted molar refractivity (Wildman–Crippen MR) is 121 cm³/mol. The fraction of sp³-hybridized carbons (Fsp3) is 0.154. The highest BCUT2D eigenvalue weighted by atomic mass is 16.2. The average Bonchev–Trinajstić information content (AvgIpc) is 2.77. The van der Waals surface area contributed by atoms with Gasteiger partial charge in [0.15, 0.2) is 0 Å². The van der Waals surface area contributed by atoms with E-state index in [0.717, 1.165) is 34.4 Å². The summed E-state index contributed by atoms with van der Waals surface area (Å²) in [7, 11) is 0. The first-order valence-electron chi connectivity index (χ1n) is 10.2. The highest BCUT2D eigenvalue weighted by molar-refractivity contribution is 6.18. The first kappa shape index (κ1) is 19.6. The SMILES string of the molecule is NC(=O)[C@H](CCCc1ccccc1)NC(=O)c1c2ccccc2cc2ccccc12. The predicted octanol–water partition coefficient (Wildman–Crippen LogP) is 4.60. The number of carbonyl (C=O) groups is 2. The summed E-state index contributed by atoms with van der Waals surface area (Å²) in [6, 6.07) is 27.0. The Kier molecular flexibility index (Phi) is 5.75. The number of amides is 2. The van der Waals surface area contributed by atoms with Crippen LogP contribution in [-0.4, -0.2) is 17.9 Å². The van der Waals surface area contributed by atoms with E-state index in [4.69, 9.17) is 5.73 Å². The Morgan fingerprint density at radius 2 is 1.37 bits per heavy atom. The Bertz CT molecular complexity index is 1150. The third kappa shape index (κ3) is 4.18. The molecule has 0 aliphatic carbocycles. The van der Waals surface area contributed by atoms with E-state index in [0.29, 0.717) is 12.0 Å². The van der Waals surface area contributed by atoms with Crippen LogP contribution in [0.4, 0.5) is 0 Å². The monoisotopic (exact) mass is 396 g/mol. The van der Waals surface area contributed by atoms with Crippen LogP contribution in [0.25, 0.3) is 21.5 Å². The molecule has 4 nitrogen and oxygen atoms in total. The molecule has 0 radical (unpaired) electrons. The minimum atomic E-state index is -0.709. The van der Waals surface area contributed by atoms with Crippen LogP contribution in [0.2, 0.25) is 0 Å². The van der Waals surface area contributed by atoms with Crippen molar-refractivity contribution in [2.75, 3.05) is 0 Å². The fourth-order valence-electron chi connectivity index (χ4n) is 3.93. The lowest BCUT2D eigenvalue weighted by Crippen LogP contribution is -2.44. The topological polar surface area (TPSA) is 72.2 Å². The molecular weight excluding hydrogens is 372 g/mol. The maximum atomic E-state index is 13.3. The molecule has 0 saturated heterocycles. The molecule has 2 amide bonds. The van der Waals surface area contributed by atoms with Crippen LogP contribution in [0.3, 0.4) is 0 Å². The number of nitrogens with one attached hydrogen (secondary N) is 1. The van der Waals surface area contributed by atoms with Gasteiger partial charge in [0.1, 0.15) is 6.04 Å². The minimum Gasteiger partial charge on any atom is -0.368 e. The summed E-state index contributed by atoms with van der Waals surface area (Å²) in [5.41, 5.74) is 7.40. The zero-order valence-electron chi connectivity index (χ0n) is 16.7. The smallest absolute Gasteiger partial charge is 0.253 e. The summed E-state index contributed by atoms with van der Waals surface area (Å²) >= 11 is 0. The number of aryl methyl sites for hydroxylation is 1. The molecule has 0 bridgehead atoms. The van der Waals surface area contributed by atoms with Crippen molar-refractivity contribution in [1.29, 1.82) is 0 Å². The molecule has 0 spiro atoms. The van der Waals surface area contributed by atoms with Gasteiger partial charge in [0, 0.05) is 0 Å². The van der Waals surface area contributed by atoms with E-state index in [2.05, 4.69) is 23.5 Å². The maximum Gasteiger partial charge on any atom is 0.253 e. The van der Waals surface area contributed by atoms with Crippen LogP contribution < -0.4 is 11.1 Å². The summed E-state index contributed by atoms with van der Waals surface area (Å²) in [5.74, 6) is -0.785. The van der Waals surface area contributed by atoms with Crippen molar-refractivity contribution in [2.24, 2.45) is 5.73 Å². The van der Waals surface area contributed by atoms with Gasteiger partial charge in [0.05, 0.1) is 5.56 Å². The molecule has 4 aromatic rings. The van der Waals surface area contributed by atoms with Crippen LogP contribution >= 0.6 is 0 Å². The second-order valence-electron chi connectivity index (χ2n) is 7.50. The van der Waals surface area contributed by atoms with Gasteiger partial charge >= 0.3 is 0 Å². The van der Waals surface area contributed by atoms with Gasteiger partial charge in [-0.25, -0.2) is 0 Å². The van der Waals surface area contributed by atoms with Crippen molar-refractivity contribution in [2.45, 2.75) is 25.3 Å². The van der Waals surface area contributed by atoms with Crippen molar-refractivity contribution in [3.63, 3.8) is 0 Å². The van der Waals surface area contributed by atoms with E-state index in [9.17, 15) is 9.59 Å². The summed E-state index contributed by atoms with van der Waals surface area (Å²) in [4.78, 5) is 25.3. The van der Waals surface area contributed by atoms with Crippen molar-refractivity contribution in [3.8, 4) is 0 Å². The summed E-state index contributed by atoms with van der Waals surface area (Å²) < 4.78 is 0. The van der Waals surface area contributed by atoms with Gasteiger partial charge in [0.2, 0.25) is 5.91 Å². The maximum absolute atomic E-state index is 13.3. The molecule has 0 aromatic heterocycles. The third-order valence-corrected chi connectivity index (χ3v) is 5.45. The highest BCUT2D eigenvalue weighted by Gasteiger charge is 2.21. The molecule has 3 N–H and O–H groups in total. The van der Waals surface area contributed by atoms with E-state index in [-0.39, 0.29) is 5.91 Å². The first-order valence-corrected chi connectivity index (χ1v) is 10.2. The number of rotatable bonds is 7. The summed E-state index contributed by atoms with van der Waals surface area (Å²) in [5, 5.41) is 6.59. The van der Waals surface area contributed by atoms with Crippen molar-refractivity contribution >= 4 is 33.4 Å². The summed E-state index contributed by atoms with van der Waals surface area (Å²) in [6.45, 7) is 0. The molecule has 4 heteroatoms. The van der Waals surface area contributed by atoms with Gasteiger partial charge in [-0.1, -0.05) is 78.9 Å². The van der Waals surface area contributed by atoms with Gasteiger partial charge in [-0.05, 0) is 52.4 Å². The molecule has 150 valence electrons. The minimum absolute atomic E-state index is 0.272. The Morgan fingerprint density at radius 3 is 1.97 bits per heavy atom. The van der Waals surface area contributed by atoms with Crippen molar-refractivity contribution < 1.29 is 9.59 Å². The molecule has 4 aromatic carbocycles. The molecule has 0 aliphatic heterocycles. The number of carbonyl (C=O) groups excluding carboxylic acids is 2. The van der Waals surface area contributed by atoms with Gasteiger partial charge in [-0.3, -0.25) is 9.59 Å². The number of hydrogen-bond donors (Lipinski definition) is 2. The zero-order chi connectivity index (χ0) is 20.9. The van der Waals surface area contributed by atoms with E-state index >= 15 is 0 Å². The van der Waals surface area contributed by atoms with E-state index in [1.165, 1.54) is 5.56 Å². The van der Waals surface area contributed by atoms with Crippen LogP contribution in [0.1, 0.15) is 28.8 Å². The van der Waals surface area contributed by atoms with E-state index in [1.807, 2.05) is 66.7 Å². The molecular formula is C26H24N2O2. The molecule has 0 heterocycles. The van der Waals surface area contributed by atoms with Crippen LogP contribution in [0, 0.1) is 0 Å². The fourth-order valence-corrected chi connectivity index (χ4v) is 3.93. The normalized spacial score (nSPS) is 12.0. The Hall–Kier alpha value is -3.66. The Balaban J connectivity index is 1.59. The number of benzene rings is 4. The molecule has 0 unspecified atom stereocenters. The van der Waals surface area contributed by atoms with Gasteiger partial charge in [-0.2, -0.15) is 0 Å². The number of fused-ring (bicyclic) bond motifs is 2. The molecule has 0 saturated carbocycles. The number of nitrogens with two attached hydrogens (primary N) is 1. The van der Waals surface area contributed by atoms with Crippen LogP contribution in [0.5, 0.6) is 0 Å². The number of hydrogen-bond acceptors (Lipinski definition) is 2. The molecule has 0 aliphatic rings. The van der Waals surface area contributed by atoms with Crippen molar-refractivity contribution in [3.05, 3.63) is 96.1 Å². The second kappa shape index (κ2) is 8.78. The molecule has 1 atom stereocenters. The second-order valence-corrected chi connectivity index (χ2v) is 7.50. The average molecular weight is 396 g/mol. The van der Waals surface area contributed by atoms with Crippen molar-refractivity contribution in [1.82, 2.24) is 5.32 Å². The molecule has 0 fully saturated rings. The first-order chi connectivity index (χ1) is 14.6. The standard InChI is InChI=1S/C26H24N2O2/c27-25(29)23(16-8-11-18-9-2-1-3-10-18)28-26(30)24-21-14-6-4-12-19(21)17-20-13-5-7-15-22(20)24/h1-7,9-10,12-15,17,23H,8,11,16H2,(H2,27,29)(H,28,30)/t23-/m0/s1. The highest BCUT2D eigenvalue weighted by Crippen LogP contribution is 2.28. The molecule has 30 heavy (non-hydrogen) atoms. The van der Waals surface area contributed by atoms with Gasteiger partial charge in [0.25, 0.3) is 5.91 Å². The lowest BCUT2D eigenvalue weighted by Gasteiger charge is -2.18. The Morgan fingerprint density at radius 1 is 0.800 bits per heavy atom. The van der Waals surface area contributed by atoms with Gasteiger partial charge in [-0.15, -0.1) is 0 Å². The largest absolute Gasteiger partial charge is 0.368 e. The van der Waals surface area contributed by atoms with Gasteiger partial charge < -0.3 is 11.1 Å². The number of primary amides is 1. The van der Waals surface area contributed by atoms with E-state index < -0.39 is 11.9 Å². The third-order valence-electron chi connectivity index (χ3n) is 5.45. The lowest BCUT2D eigenvalue weighted by molar-refractivity contribution is -0.120. The Labute approximate surface area is 175 Å². The molecule has 4 rings (SSSR count). The van der Waals surface area contributed by atoms with Crippen LogP contribution in [-0.2, 0) is 11.2 Å². The van der Waals surface area contributed by atoms with E-state index in [1.54, 1.807) is 0 Å².